The van der Waals surface area contributed by atoms with Gasteiger partial charge in [-0.25, -0.2) is 4.39 Å². The van der Waals surface area contributed by atoms with E-state index in [2.05, 4.69) is 20.8 Å². The van der Waals surface area contributed by atoms with Gasteiger partial charge >= 0.3 is 0 Å². The summed E-state index contributed by atoms with van der Waals surface area (Å²) < 4.78 is 13.3. The summed E-state index contributed by atoms with van der Waals surface area (Å²) in [5.41, 5.74) is 7.51. The van der Waals surface area contributed by atoms with Gasteiger partial charge in [-0.05, 0) is 29.5 Å². The van der Waals surface area contributed by atoms with E-state index in [0.717, 1.165) is 5.56 Å². The van der Waals surface area contributed by atoms with Crippen molar-refractivity contribution >= 4 is 0 Å². The molecular formula is C12H18FN. The van der Waals surface area contributed by atoms with E-state index in [0.29, 0.717) is 5.56 Å². The van der Waals surface area contributed by atoms with Gasteiger partial charge in [0.2, 0.25) is 0 Å². The maximum atomic E-state index is 13.3. The number of hydrogen-bond donors (Lipinski definition) is 1. The predicted octanol–water partition coefficient (Wildman–Crippen LogP) is 3.18. The molecule has 2 N–H and O–H groups in total. The molecule has 0 heterocycles. The van der Waals surface area contributed by atoms with E-state index in [1.165, 1.54) is 6.07 Å². The second-order valence-electron chi connectivity index (χ2n) is 4.85. The van der Waals surface area contributed by atoms with Gasteiger partial charge in [-0.1, -0.05) is 32.9 Å². The van der Waals surface area contributed by atoms with Crippen molar-refractivity contribution < 1.29 is 4.39 Å². The first-order chi connectivity index (χ1) is 6.32. The van der Waals surface area contributed by atoms with Gasteiger partial charge < -0.3 is 5.73 Å². The summed E-state index contributed by atoms with van der Waals surface area (Å²) in [5.74, 6) is -0.179. The van der Waals surface area contributed by atoms with Crippen LogP contribution in [0.3, 0.4) is 0 Å². The van der Waals surface area contributed by atoms with E-state index in [1.807, 2.05) is 6.07 Å². The maximum Gasteiger partial charge on any atom is 0.126 e. The van der Waals surface area contributed by atoms with Crippen LogP contribution in [0.2, 0.25) is 0 Å². The van der Waals surface area contributed by atoms with Gasteiger partial charge in [-0.3, -0.25) is 0 Å². The SMILES string of the molecule is Cc1ccc([C@H](N)C(C)(C)C)cc1F. The fraction of sp³-hybridized carbons (Fsp3) is 0.500. The lowest BCUT2D eigenvalue weighted by atomic mass is 9.83. The quantitative estimate of drug-likeness (QED) is 0.731. The Morgan fingerprint density at radius 3 is 2.29 bits per heavy atom. The zero-order valence-electron chi connectivity index (χ0n) is 9.26. The summed E-state index contributed by atoms with van der Waals surface area (Å²) in [7, 11) is 0. The van der Waals surface area contributed by atoms with Crippen molar-refractivity contribution in [2.75, 3.05) is 0 Å². The van der Waals surface area contributed by atoms with Crippen molar-refractivity contribution in [3.05, 3.63) is 35.1 Å². The van der Waals surface area contributed by atoms with Crippen molar-refractivity contribution in [3.63, 3.8) is 0 Å². The molecule has 1 nitrogen and oxygen atoms in total. The van der Waals surface area contributed by atoms with Gasteiger partial charge in [0.05, 0.1) is 0 Å². The third-order valence-electron chi connectivity index (χ3n) is 2.49. The summed E-state index contributed by atoms with van der Waals surface area (Å²) in [6, 6.07) is 5.08. The number of benzene rings is 1. The van der Waals surface area contributed by atoms with Gasteiger partial charge in [0.1, 0.15) is 5.82 Å². The van der Waals surface area contributed by atoms with Gasteiger partial charge in [0.25, 0.3) is 0 Å². The van der Waals surface area contributed by atoms with Gasteiger partial charge in [0, 0.05) is 6.04 Å². The molecule has 0 spiro atoms. The van der Waals surface area contributed by atoms with E-state index < -0.39 is 0 Å². The molecule has 0 aliphatic carbocycles. The van der Waals surface area contributed by atoms with Crippen molar-refractivity contribution in [1.82, 2.24) is 0 Å². The first-order valence-corrected chi connectivity index (χ1v) is 4.84. The van der Waals surface area contributed by atoms with Gasteiger partial charge in [-0.15, -0.1) is 0 Å². The topological polar surface area (TPSA) is 26.0 Å². The molecule has 0 fully saturated rings. The van der Waals surface area contributed by atoms with Gasteiger partial charge in [0.15, 0.2) is 0 Å². The molecule has 78 valence electrons. The molecule has 2 heteroatoms. The van der Waals surface area contributed by atoms with Crippen LogP contribution in [0, 0.1) is 18.2 Å². The molecular weight excluding hydrogens is 177 g/mol. The zero-order valence-corrected chi connectivity index (χ0v) is 9.26. The lowest BCUT2D eigenvalue weighted by molar-refractivity contribution is 0.326. The molecule has 1 atom stereocenters. The Bertz CT molecular complexity index is 326. The lowest BCUT2D eigenvalue weighted by Crippen LogP contribution is -2.26. The van der Waals surface area contributed by atoms with E-state index in [1.54, 1.807) is 13.0 Å². The molecule has 0 aliphatic rings. The minimum Gasteiger partial charge on any atom is -0.324 e. The lowest BCUT2D eigenvalue weighted by Gasteiger charge is -2.27. The molecule has 1 aromatic carbocycles. The first kappa shape index (κ1) is 11.2. The van der Waals surface area contributed by atoms with Crippen LogP contribution in [0.25, 0.3) is 0 Å². The molecule has 0 aromatic heterocycles. The largest absolute Gasteiger partial charge is 0.324 e. The third kappa shape index (κ3) is 2.32. The molecule has 1 aromatic rings. The van der Waals surface area contributed by atoms with E-state index in [9.17, 15) is 4.39 Å². The Morgan fingerprint density at radius 2 is 1.86 bits per heavy atom. The summed E-state index contributed by atoms with van der Waals surface area (Å²) >= 11 is 0. The minimum absolute atomic E-state index is 0.0400. The standard InChI is InChI=1S/C12H18FN/c1-8-5-6-9(7-10(8)13)11(14)12(2,3)4/h5-7,11H,14H2,1-4H3/t11-/m0/s1. The molecule has 0 radical (unpaired) electrons. The van der Waals surface area contributed by atoms with Crippen molar-refractivity contribution in [2.45, 2.75) is 33.7 Å². The van der Waals surface area contributed by atoms with Crippen LogP contribution in [-0.4, -0.2) is 0 Å². The van der Waals surface area contributed by atoms with E-state index >= 15 is 0 Å². The zero-order chi connectivity index (χ0) is 10.9. The van der Waals surface area contributed by atoms with Crippen LogP contribution in [0.1, 0.15) is 37.9 Å². The van der Waals surface area contributed by atoms with Crippen LogP contribution in [0.4, 0.5) is 4.39 Å². The van der Waals surface area contributed by atoms with E-state index in [4.69, 9.17) is 5.73 Å². The number of halogens is 1. The first-order valence-electron chi connectivity index (χ1n) is 4.84. The Kier molecular flexibility index (Phi) is 2.95. The number of rotatable bonds is 1. The fourth-order valence-corrected chi connectivity index (χ4v) is 1.30. The average molecular weight is 195 g/mol. The normalized spacial score (nSPS) is 14.1. The summed E-state index contributed by atoms with van der Waals surface area (Å²) in [5, 5.41) is 0. The van der Waals surface area contributed by atoms with Crippen molar-refractivity contribution in [1.29, 1.82) is 0 Å². The fourth-order valence-electron chi connectivity index (χ4n) is 1.30. The van der Waals surface area contributed by atoms with Crippen LogP contribution in [0.5, 0.6) is 0 Å². The molecule has 0 aliphatic heterocycles. The minimum atomic E-state index is -0.179. The molecule has 0 unspecified atom stereocenters. The van der Waals surface area contributed by atoms with Crippen LogP contribution in [0.15, 0.2) is 18.2 Å². The van der Waals surface area contributed by atoms with Crippen LogP contribution in [-0.2, 0) is 0 Å². The smallest absolute Gasteiger partial charge is 0.126 e. The summed E-state index contributed by atoms with van der Waals surface area (Å²) in [4.78, 5) is 0. The summed E-state index contributed by atoms with van der Waals surface area (Å²) in [6.45, 7) is 7.90. The predicted molar refractivity (Wildman–Crippen MR) is 57.5 cm³/mol. The molecule has 1 rings (SSSR count). The summed E-state index contributed by atoms with van der Waals surface area (Å²) in [6.07, 6.45) is 0. The Balaban J connectivity index is 3.03. The molecule has 0 amide bonds. The second kappa shape index (κ2) is 3.70. The van der Waals surface area contributed by atoms with Crippen LogP contribution < -0.4 is 5.73 Å². The Hall–Kier alpha value is -0.890. The van der Waals surface area contributed by atoms with Crippen LogP contribution >= 0.6 is 0 Å². The Morgan fingerprint density at radius 1 is 1.29 bits per heavy atom. The monoisotopic (exact) mass is 195 g/mol. The highest BCUT2D eigenvalue weighted by atomic mass is 19.1. The molecule has 0 bridgehead atoms. The molecule has 0 saturated heterocycles. The Labute approximate surface area is 85.1 Å². The highest BCUT2D eigenvalue weighted by Crippen LogP contribution is 2.30. The van der Waals surface area contributed by atoms with Crippen molar-refractivity contribution in [3.8, 4) is 0 Å². The molecule has 14 heavy (non-hydrogen) atoms. The van der Waals surface area contributed by atoms with E-state index in [-0.39, 0.29) is 17.3 Å². The average Bonchev–Trinajstić information content (AvgIpc) is 2.07. The van der Waals surface area contributed by atoms with Gasteiger partial charge in [-0.2, -0.15) is 0 Å². The number of hydrogen-bond acceptors (Lipinski definition) is 1. The second-order valence-corrected chi connectivity index (χ2v) is 4.85. The number of aryl methyl sites for hydroxylation is 1. The molecule has 0 saturated carbocycles. The highest BCUT2D eigenvalue weighted by molar-refractivity contribution is 5.26. The highest BCUT2D eigenvalue weighted by Gasteiger charge is 2.22. The van der Waals surface area contributed by atoms with Crippen molar-refractivity contribution in [2.24, 2.45) is 11.1 Å². The number of nitrogens with two attached hydrogens (primary N) is 1. The maximum absolute atomic E-state index is 13.3. The third-order valence-corrected chi connectivity index (χ3v) is 2.49.